The predicted octanol–water partition coefficient (Wildman–Crippen LogP) is 2.85. The minimum absolute atomic E-state index is 0.0388. The van der Waals surface area contributed by atoms with Crippen LogP contribution in [0.3, 0.4) is 0 Å². The third-order valence-electron chi connectivity index (χ3n) is 4.63. The number of cyclic esters (lactones) is 1. The minimum atomic E-state index is -1.58. The molecule has 0 bridgehead atoms. The molecule has 0 radical (unpaired) electrons. The Balaban J connectivity index is 1.68. The molecule has 1 aliphatic rings. The number of fused-ring (bicyclic) bond motifs is 1. The summed E-state index contributed by atoms with van der Waals surface area (Å²) in [6, 6.07) is 8.52. The Labute approximate surface area is 167 Å². The number of Topliss-reactive ketones (excluding diaryl/α,β-unsaturated/α-hetero) is 1. The van der Waals surface area contributed by atoms with Crippen LogP contribution in [0.5, 0.6) is 0 Å². The molecule has 152 valence electrons. The fourth-order valence-corrected chi connectivity index (χ4v) is 3.20. The molecule has 9 heteroatoms. The van der Waals surface area contributed by atoms with Crippen molar-refractivity contribution in [1.82, 2.24) is 9.88 Å². The zero-order valence-electron chi connectivity index (χ0n) is 15.2. The Kier molecular flexibility index (Phi) is 4.86. The second kappa shape index (κ2) is 7.51. The lowest BCUT2D eigenvalue weighted by atomic mass is 10.1. The van der Waals surface area contributed by atoms with Gasteiger partial charge in [0.05, 0.1) is 17.8 Å². The summed E-state index contributed by atoms with van der Waals surface area (Å²) >= 11 is 0. The number of hydrogen-bond donors (Lipinski definition) is 1. The molecule has 0 unspecified atom stereocenters. The number of hydrogen-bond acceptors (Lipinski definition) is 4. The quantitative estimate of drug-likeness (QED) is 0.302. The number of nitrogens with one attached hydrogen (secondary N) is 1. The maximum Gasteiger partial charge on any atom is 0.333 e. The van der Waals surface area contributed by atoms with Gasteiger partial charge in [0.1, 0.15) is 6.61 Å². The monoisotopic (exact) mass is 414 g/mol. The Morgan fingerprint density at radius 3 is 2.57 bits per heavy atom. The van der Waals surface area contributed by atoms with Crippen molar-refractivity contribution < 1.29 is 32.3 Å². The molecule has 0 atom stereocenters. The topological polar surface area (TPSA) is 77.4 Å². The van der Waals surface area contributed by atoms with Gasteiger partial charge in [0.25, 0.3) is 11.7 Å². The Morgan fingerprint density at radius 2 is 1.83 bits per heavy atom. The van der Waals surface area contributed by atoms with Crippen molar-refractivity contribution in [2.75, 3.05) is 6.61 Å². The normalized spacial score (nSPS) is 13.3. The summed E-state index contributed by atoms with van der Waals surface area (Å²) in [4.78, 5) is 36.1. The van der Waals surface area contributed by atoms with Gasteiger partial charge in [-0.05, 0) is 12.1 Å². The van der Waals surface area contributed by atoms with Crippen LogP contribution in [0.2, 0.25) is 0 Å². The first-order valence-corrected chi connectivity index (χ1v) is 8.78. The van der Waals surface area contributed by atoms with E-state index in [9.17, 15) is 27.6 Å². The highest BCUT2D eigenvalue weighted by Crippen LogP contribution is 2.24. The zero-order chi connectivity index (χ0) is 21.4. The number of carbonyl (C=O) groups excluding carboxylic acids is 3. The molecular weight excluding hydrogens is 401 g/mol. The summed E-state index contributed by atoms with van der Waals surface area (Å²) in [6.07, 6.45) is 2.41. The fraction of sp³-hybridized carbons (Fsp3) is 0.0952. The van der Waals surface area contributed by atoms with Gasteiger partial charge in [-0.1, -0.05) is 24.3 Å². The highest BCUT2D eigenvalue weighted by molar-refractivity contribution is 6.45. The first kappa shape index (κ1) is 19.4. The third-order valence-corrected chi connectivity index (χ3v) is 4.63. The van der Waals surface area contributed by atoms with Crippen molar-refractivity contribution in [1.29, 1.82) is 0 Å². The second-order valence-corrected chi connectivity index (χ2v) is 6.58. The number of benzene rings is 2. The van der Waals surface area contributed by atoms with Crippen LogP contribution in [0.15, 0.2) is 54.4 Å². The number of rotatable bonds is 5. The molecule has 0 saturated heterocycles. The molecule has 3 aromatic rings. The first-order valence-electron chi connectivity index (χ1n) is 8.78. The average Bonchev–Trinajstić information content (AvgIpc) is 3.31. The average molecular weight is 414 g/mol. The summed E-state index contributed by atoms with van der Waals surface area (Å²) in [5.74, 6) is -6.68. The summed E-state index contributed by atoms with van der Waals surface area (Å²) < 4.78 is 47.0. The molecule has 0 fully saturated rings. The molecule has 2 aromatic carbocycles. The number of esters is 1. The summed E-state index contributed by atoms with van der Waals surface area (Å²) in [6.45, 7) is -0.332. The van der Waals surface area contributed by atoms with Crippen LogP contribution in [-0.4, -0.2) is 28.8 Å². The zero-order valence-corrected chi connectivity index (χ0v) is 15.2. The van der Waals surface area contributed by atoms with Crippen LogP contribution in [0.25, 0.3) is 10.9 Å². The summed E-state index contributed by atoms with van der Waals surface area (Å²) in [7, 11) is 0. The van der Waals surface area contributed by atoms with Gasteiger partial charge in [0, 0.05) is 28.7 Å². The van der Waals surface area contributed by atoms with E-state index in [0.29, 0.717) is 10.9 Å². The lowest BCUT2D eigenvalue weighted by Gasteiger charge is -2.07. The van der Waals surface area contributed by atoms with Gasteiger partial charge in [-0.3, -0.25) is 9.59 Å². The van der Waals surface area contributed by atoms with Gasteiger partial charge in [0.2, 0.25) is 0 Å². The van der Waals surface area contributed by atoms with E-state index in [2.05, 4.69) is 10.1 Å². The van der Waals surface area contributed by atoms with Crippen molar-refractivity contribution in [3.05, 3.63) is 82.9 Å². The Hall–Kier alpha value is -3.88. The molecule has 2 heterocycles. The van der Waals surface area contributed by atoms with Gasteiger partial charge in [-0.2, -0.15) is 0 Å². The van der Waals surface area contributed by atoms with Crippen LogP contribution < -0.4 is 5.32 Å². The van der Waals surface area contributed by atoms with E-state index in [-0.39, 0.29) is 30.0 Å². The van der Waals surface area contributed by atoms with Crippen molar-refractivity contribution in [3.8, 4) is 0 Å². The van der Waals surface area contributed by atoms with E-state index in [4.69, 9.17) is 0 Å². The van der Waals surface area contributed by atoms with Crippen LogP contribution >= 0.6 is 0 Å². The van der Waals surface area contributed by atoms with Gasteiger partial charge < -0.3 is 14.6 Å². The molecule has 0 saturated carbocycles. The fourth-order valence-electron chi connectivity index (χ4n) is 3.20. The second-order valence-electron chi connectivity index (χ2n) is 6.58. The smallest absolute Gasteiger partial charge is 0.333 e. The van der Waals surface area contributed by atoms with Gasteiger partial charge in [0.15, 0.2) is 17.5 Å². The van der Waals surface area contributed by atoms with E-state index in [1.165, 1.54) is 10.8 Å². The van der Waals surface area contributed by atoms with Crippen molar-refractivity contribution >= 4 is 28.6 Å². The standard InChI is InChI=1S/C21H13F3N2O4/c22-15-6-5-11(18(23)19(15)24)8-26-9-14(13-3-1-2-4-16(13)26)20(28)21(29)25-12-7-17(27)30-10-12/h1-7,9H,8,10H2,(H,25,29). The van der Waals surface area contributed by atoms with Gasteiger partial charge in [-0.25, -0.2) is 18.0 Å². The number of aromatic nitrogens is 1. The third kappa shape index (κ3) is 3.45. The highest BCUT2D eigenvalue weighted by Gasteiger charge is 2.25. The van der Waals surface area contributed by atoms with E-state index < -0.39 is 35.1 Å². The molecule has 1 N–H and O–H groups in total. The maximum atomic E-state index is 14.1. The molecule has 1 amide bonds. The van der Waals surface area contributed by atoms with Crippen molar-refractivity contribution in [3.63, 3.8) is 0 Å². The maximum absolute atomic E-state index is 14.1. The number of carbonyl (C=O) groups is 3. The van der Waals surface area contributed by atoms with E-state index in [1.807, 2.05) is 0 Å². The number of nitrogens with zero attached hydrogens (tertiary/aromatic N) is 1. The lowest BCUT2D eigenvalue weighted by molar-refractivity contribution is -0.135. The number of amides is 1. The molecule has 0 spiro atoms. The Bertz CT molecular complexity index is 1250. The van der Waals surface area contributed by atoms with Crippen LogP contribution in [0.4, 0.5) is 13.2 Å². The molecule has 6 nitrogen and oxygen atoms in total. The molecule has 4 rings (SSSR count). The number of ether oxygens (including phenoxy) is 1. The van der Waals surface area contributed by atoms with Crippen LogP contribution in [-0.2, 0) is 20.9 Å². The number of para-hydroxylation sites is 1. The SMILES string of the molecule is O=C1C=C(NC(=O)C(=O)c2cn(Cc3ccc(F)c(F)c3F)c3ccccc23)CO1. The number of ketones is 1. The summed E-state index contributed by atoms with van der Waals surface area (Å²) in [5, 5.41) is 2.74. The van der Waals surface area contributed by atoms with E-state index in [1.54, 1.807) is 24.3 Å². The highest BCUT2D eigenvalue weighted by atomic mass is 19.2. The van der Waals surface area contributed by atoms with Crippen molar-refractivity contribution in [2.24, 2.45) is 0 Å². The predicted molar refractivity (Wildman–Crippen MR) is 98.9 cm³/mol. The lowest BCUT2D eigenvalue weighted by Crippen LogP contribution is -2.31. The largest absolute Gasteiger partial charge is 0.456 e. The van der Waals surface area contributed by atoms with Gasteiger partial charge in [-0.15, -0.1) is 0 Å². The van der Waals surface area contributed by atoms with Crippen molar-refractivity contribution in [2.45, 2.75) is 6.54 Å². The van der Waals surface area contributed by atoms with E-state index >= 15 is 0 Å². The summed E-state index contributed by atoms with van der Waals surface area (Å²) in [5.41, 5.74) is 0.573. The van der Waals surface area contributed by atoms with Crippen LogP contribution in [0, 0.1) is 17.5 Å². The van der Waals surface area contributed by atoms with E-state index in [0.717, 1.165) is 18.2 Å². The number of halogens is 3. The molecule has 1 aliphatic heterocycles. The van der Waals surface area contributed by atoms with Gasteiger partial charge >= 0.3 is 5.97 Å². The molecule has 1 aromatic heterocycles. The molecular formula is C21H13F3N2O4. The molecule has 30 heavy (non-hydrogen) atoms. The minimum Gasteiger partial charge on any atom is -0.456 e. The Morgan fingerprint density at radius 1 is 1.07 bits per heavy atom. The first-order chi connectivity index (χ1) is 14.3. The van der Waals surface area contributed by atoms with Crippen LogP contribution in [0.1, 0.15) is 15.9 Å². The molecule has 0 aliphatic carbocycles.